The second-order valence-corrected chi connectivity index (χ2v) is 6.70. The fraction of sp³-hybridized carbons (Fsp3) is 0.625. The van der Waals surface area contributed by atoms with E-state index in [2.05, 4.69) is 19.1 Å². The summed E-state index contributed by atoms with van der Waals surface area (Å²) < 4.78 is 11.6. The topological polar surface area (TPSA) is 38.7 Å². The number of ether oxygens (including phenoxy) is 1. The third kappa shape index (κ3) is 3.18. The Bertz CT molecular complexity index is 489. The molecular weight excluding hydrogens is 251 g/mol. The molecule has 20 heavy (non-hydrogen) atoms. The van der Waals surface area contributed by atoms with Gasteiger partial charge in [-0.1, -0.05) is 11.6 Å². The highest BCUT2D eigenvalue weighted by Gasteiger charge is 2.35. The third-order valence-corrected chi connectivity index (χ3v) is 4.43. The highest BCUT2D eigenvalue weighted by molar-refractivity contribution is 6.47. The van der Waals surface area contributed by atoms with E-state index in [4.69, 9.17) is 9.39 Å². The van der Waals surface area contributed by atoms with Crippen molar-refractivity contribution in [2.75, 3.05) is 6.61 Å². The zero-order valence-electron chi connectivity index (χ0n) is 13.2. The second kappa shape index (κ2) is 5.42. The summed E-state index contributed by atoms with van der Waals surface area (Å²) in [6.07, 6.45) is 2.14. The van der Waals surface area contributed by atoms with E-state index in [0.29, 0.717) is 7.48 Å². The van der Waals surface area contributed by atoms with Crippen LogP contribution >= 0.6 is 0 Å². The van der Waals surface area contributed by atoms with Crippen molar-refractivity contribution in [3.8, 4) is 5.75 Å². The first-order valence-corrected chi connectivity index (χ1v) is 7.32. The van der Waals surface area contributed by atoms with Gasteiger partial charge in [-0.25, -0.2) is 0 Å². The summed E-state index contributed by atoms with van der Waals surface area (Å²) in [6.45, 7) is 10.3. The minimum Gasteiger partial charge on any atom is -0.493 e. The Morgan fingerprint density at radius 3 is 2.60 bits per heavy atom. The molecule has 0 fully saturated rings. The van der Waals surface area contributed by atoms with Crippen molar-refractivity contribution in [3.05, 3.63) is 23.3 Å². The molecule has 0 bridgehead atoms. The van der Waals surface area contributed by atoms with E-state index in [-0.39, 0.29) is 0 Å². The van der Waals surface area contributed by atoms with Crippen molar-refractivity contribution in [2.24, 2.45) is 0 Å². The number of rotatable bonds is 4. The third-order valence-electron chi connectivity index (χ3n) is 4.43. The molecule has 0 amide bonds. The van der Waals surface area contributed by atoms with Gasteiger partial charge in [0, 0.05) is 0 Å². The fourth-order valence-corrected chi connectivity index (χ4v) is 2.14. The summed E-state index contributed by atoms with van der Waals surface area (Å²) in [5.74, 6) is 1.01. The van der Waals surface area contributed by atoms with E-state index in [1.807, 2.05) is 13.8 Å². The highest BCUT2D eigenvalue weighted by Crippen LogP contribution is 2.26. The molecule has 2 rings (SSSR count). The number of hydrogen-bond donors (Lipinski definition) is 1. The average Bonchev–Trinajstić information content (AvgIpc) is 2.35. The number of benzene rings is 1. The molecule has 1 aromatic rings. The van der Waals surface area contributed by atoms with Crippen molar-refractivity contribution >= 4 is 12.9 Å². The monoisotopic (exact) mass is 276 g/mol. The maximum atomic E-state index is 10.1. The van der Waals surface area contributed by atoms with Crippen LogP contribution in [0, 0.1) is 6.92 Å². The van der Waals surface area contributed by atoms with Gasteiger partial charge < -0.3 is 14.5 Å². The van der Waals surface area contributed by atoms with Gasteiger partial charge in [-0.3, -0.25) is 0 Å². The summed E-state index contributed by atoms with van der Waals surface area (Å²) >= 11 is 0. The lowest BCUT2D eigenvalue weighted by Crippen LogP contribution is -2.49. The molecule has 1 heterocycles. The van der Waals surface area contributed by atoms with E-state index in [1.165, 1.54) is 16.6 Å². The molecule has 0 atom stereocenters. The van der Waals surface area contributed by atoms with E-state index < -0.39 is 11.2 Å². The van der Waals surface area contributed by atoms with Crippen LogP contribution in [-0.4, -0.2) is 30.4 Å². The minimum atomic E-state index is -0.877. The van der Waals surface area contributed by atoms with Crippen molar-refractivity contribution in [3.63, 3.8) is 0 Å². The number of fused-ring (bicyclic) bond motifs is 1. The SMILES string of the molecule is Cc1cc2c(cc1BOC(C)(C)C(C)(C)O)CCCO2. The number of aliphatic hydroxyl groups is 1. The van der Waals surface area contributed by atoms with Crippen LogP contribution in [-0.2, 0) is 11.1 Å². The average molecular weight is 276 g/mol. The quantitative estimate of drug-likeness (QED) is 0.853. The summed E-state index contributed by atoms with van der Waals surface area (Å²) in [6, 6.07) is 4.29. The molecule has 0 aromatic heterocycles. The normalized spacial score (nSPS) is 15.5. The van der Waals surface area contributed by atoms with E-state index in [9.17, 15) is 5.11 Å². The first kappa shape index (κ1) is 15.4. The molecule has 110 valence electrons. The summed E-state index contributed by atoms with van der Waals surface area (Å²) in [5, 5.41) is 10.1. The van der Waals surface area contributed by atoms with E-state index in [0.717, 1.165) is 25.2 Å². The molecule has 0 unspecified atom stereocenters. The van der Waals surface area contributed by atoms with Crippen LogP contribution in [0.3, 0.4) is 0 Å². The Hall–Kier alpha value is -0.995. The minimum absolute atomic E-state index is 0.510. The highest BCUT2D eigenvalue weighted by atomic mass is 16.5. The van der Waals surface area contributed by atoms with Gasteiger partial charge in [0.1, 0.15) is 5.75 Å². The Morgan fingerprint density at radius 1 is 1.25 bits per heavy atom. The first-order valence-electron chi connectivity index (χ1n) is 7.32. The second-order valence-electron chi connectivity index (χ2n) is 6.70. The number of hydrogen-bond acceptors (Lipinski definition) is 3. The van der Waals surface area contributed by atoms with Gasteiger partial charge in [0.05, 0.1) is 17.8 Å². The Labute approximate surface area is 122 Å². The lowest BCUT2D eigenvalue weighted by molar-refractivity contribution is -0.0893. The molecule has 1 aliphatic rings. The maximum absolute atomic E-state index is 10.1. The standard InChI is InChI=1S/C16H25BO3/c1-11-9-14-12(7-6-8-19-14)10-13(11)17-20-16(4,5)15(2,3)18/h9-10,17-18H,6-8H2,1-5H3. The molecular formula is C16H25BO3. The number of aryl methyl sites for hydroxylation is 2. The Morgan fingerprint density at radius 2 is 1.95 bits per heavy atom. The first-order chi connectivity index (χ1) is 9.21. The van der Waals surface area contributed by atoms with Crippen LogP contribution in [0.1, 0.15) is 45.2 Å². The van der Waals surface area contributed by atoms with Crippen molar-refractivity contribution in [1.29, 1.82) is 0 Å². The van der Waals surface area contributed by atoms with Gasteiger partial charge in [0.15, 0.2) is 0 Å². The summed E-state index contributed by atoms with van der Waals surface area (Å²) in [7, 11) is 0.510. The van der Waals surface area contributed by atoms with Crippen LogP contribution in [0.4, 0.5) is 0 Å². The van der Waals surface area contributed by atoms with Crippen LogP contribution in [0.2, 0.25) is 0 Å². The van der Waals surface area contributed by atoms with Crippen molar-refractivity contribution in [2.45, 2.75) is 58.7 Å². The van der Waals surface area contributed by atoms with Gasteiger partial charge in [0.2, 0.25) is 0 Å². The van der Waals surface area contributed by atoms with Crippen molar-refractivity contribution < 1.29 is 14.5 Å². The van der Waals surface area contributed by atoms with Crippen LogP contribution in [0.25, 0.3) is 0 Å². The molecule has 1 N–H and O–H groups in total. The molecule has 3 nitrogen and oxygen atoms in total. The van der Waals surface area contributed by atoms with Gasteiger partial charge in [-0.15, -0.1) is 0 Å². The molecule has 0 radical (unpaired) electrons. The smallest absolute Gasteiger partial charge is 0.309 e. The predicted molar refractivity (Wildman–Crippen MR) is 83.2 cm³/mol. The van der Waals surface area contributed by atoms with Crippen LogP contribution in [0.15, 0.2) is 12.1 Å². The largest absolute Gasteiger partial charge is 0.493 e. The zero-order valence-corrected chi connectivity index (χ0v) is 13.2. The molecule has 0 saturated carbocycles. The molecule has 0 spiro atoms. The molecule has 1 aliphatic heterocycles. The zero-order chi connectivity index (χ0) is 15.0. The van der Waals surface area contributed by atoms with E-state index in [1.54, 1.807) is 13.8 Å². The Balaban J connectivity index is 2.14. The van der Waals surface area contributed by atoms with Crippen LogP contribution < -0.4 is 10.2 Å². The Kier molecular flexibility index (Phi) is 4.17. The predicted octanol–water partition coefficient (Wildman–Crippen LogP) is 1.86. The van der Waals surface area contributed by atoms with Gasteiger partial charge in [0.25, 0.3) is 0 Å². The van der Waals surface area contributed by atoms with Gasteiger partial charge in [-0.05, 0) is 64.6 Å². The van der Waals surface area contributed by atoms with Gasteiger partial charge in [-0.2, -0.15) is 0 Å². The molecule has 1 aromatic carbocycles. The lowest BCUT2D eigenvalue weighted by atomic mass is 9.79. The summed E-state index contributed by atoms with van der Waals surface area (Å²) in [5.41, 5.74) is 2.15. The summed E-state index contributed by atoms with van der Waals surface area (Å²) in [4.78, 5) is 0. The van der Waals surface area contributed by atoms with Crippen LogP contribution in [0.5, 0.6) is 5.75 Å². The maximum Gasteiger partial charge on any atom is 0.309 e. The van der Waals surface area contributed by atoms with E-state index >= 15 is 0 Å². The van der Waals surface area contributed by atoms with Crippen molar-refractivity contribution in [1.82, 2.24) is 0 Å². The lowest BCUT2D eigenvalue weighted by Gasteiger charge is -2.37. The molecule has 0 aliphatic carbocycles. The molecule has 0 saturated heterocycles. The molecule has 4 heteroatoms. The fourth-order valence-electron chi connectivity index (χ4n) is 2.14. The van der Waals surface area contributed by atoms with Gasteiger partial charge >= 0.3 is 7.48 Å².